The third-order valence-electron chi connectivity index (χ3n) is 3.41. The molecule has 0 aromatic heterocycles. The standard InChI is InChI=1S/C12H20NO2/c1-9-8-11(2,3)13(15)12(4,5)10(9)6-7-14/h7,10H,1,6,8H2,2-5H3. The average molecular weight is 210 g/mol. The van der Waals surface area contributed by atoms with E-state index in [9.17, 15) is 10.0 Å². The topological polar surface area (TPSA) is 40.2 Å². The first-order valence-electron chi connectivity index (χ1n) is 5.32. The number of carbonyl (C=O) groups excluding carboxylic acids is 1. The molecule has 3 heteroatoms. The molecule has 0 saturated carbocycles. The number of aldehydes is 1. The zero-order chi connectivity index (χ0) is 11.9. The van der Waals surface area contributed by atoms with Crippen molar-refractivity contribution in [3.63, 3.8) is 0 Å². The second kappa shape index (κ2) is 3.72. The Labute approximate surface area is 91.7 Å². The van der Waals surface area contributed by atoms with Crippen LogP contribution in [0.2, 0.25) is 0 Å². The molecule has 1 radical (unpaired) electrons. The molecule has 3 nitrogen and oxygen atoms in total. The molecule has 1 atom stereocenters. The molecule has 1 fully saturated rings. The third-order valence-corrected chi connectivity index (χ3v) is 3.41. The Morgan fingerprint density at radius 1 is 1.47 bits per heavy atom. The van der Waals surface area contributed by atoms with Gasteiger partial charge < -0.3 is 4.79 Å². The van der Waals surface area contributed by atoms with Crippen molar-refractivity contribution >= 4 is 6.29 Å². The summed E-state index contributed by atoms with van der Waals surface area (Å²) in [6.07, 6.45) is 1.93. The highest BCUT2D eigenvalue weighted by atomic mass is 16.5. The normalized spacial score (nSPS) is 30.2. The van der Waals surface area contributed by atoms with Crippen molar-refractivity contribution in [2.24, 2.45) is 5.92 Å². The summed E-state index contributed by atoms with van der Waals surface area (Å²) in [5, 5.41) is 13.3. The van der Waals surface area contributed by atoms with E-state index in [0.717, 1.165) is 16.9 Å². The van der Waals surface area contributed by atoms with Gasteiger partial charge >= 0.3 is 0 Å². The molecule has 1 aliphatic rings. The van der Waals surface area contributed by atoms with Gasteiger partial charge in [0.15, 0.2) is 0 Å². The second-order valence-electron chi connectivity index (χ2n) is 5.55. The zero-order valence-electron chi connectivity index (χ0n) is 10.0. The first-order chi connectivity index (χ1) is 6.73. The Balaban J connectivity index is 3.04. The Bertz CT molecular complexity index is 281. The molecular formula is C12H20NO2. The fourth-order valence-corrected chi connectivity index (χ4v) is 2.72. The van der Waals surface area contributed by atoms with Crippen LogP contribution < -0.4 is 0 Å². The van der Waals surface area contributed by atoms with Gasteiger partial charge in [0.25, 0.3) is 0 Å². The van der Waals surface area contributed by atoms with Crippen LogP contribution in [0.25, 0.3) is 0 Å². The Morgan fingerprint density at radius 3 is 2.47 bits per heavy atom. The van der Waals surface area contributed by atoms with Gasteiger partial charge in [-0.05, 0) is 34.1 Å². The van der Waals surface area contributed by atoms with Crippen molar-refractivity contribution in [2.45, 2.75) is 51.6 Å². The maximum atomic E-state index is 12.2. The van der Waals surface area contributed by atoms with Crippen molar-refractivity contribution in [1.29, 1.82) is 0 Å². The highest BCUT2D eigenvalue weighted by Crippen LogP contribution is 2.44. The minimum absolute atomic E-state index is 0.0273. The molecule has 0 spiro atoms. The minimum atomic E-state index is -0.542. The van der Waals surface area contributed by atoms with Gasteiger partial charge in [-0.2, -0.15) is 0 Å². The van der Waals surface area contributed by atoms with Gasteiger partial charge in [-0.25, -0.2) is 0 Å². The van der Waals surface area contributed by atoms with Gasteiger partial charge in [0, 0.05) is 17.9 Å². The molecule has 85 valence electrons. The molecule has 0 aliphatic carbocycles. The molecule has 0 bridgehead atoms. The van der Waals surface area contributed by atoms with Gasteiger partial charge in [0.2, 0.25) is 0 Å². The molecule has 1 unspecified atom stereocenters. The van der Waals surface area contributed by atoms with Gasteiger partial charge in [-0.1, -0.05) is 12.2 Å². The van der Waals surface area contributed by atoms with Crippen molar-refractivity contribution in [2.75, 3.05) is 0 Å². The van der Waals surface area contributed by atoms with Crippen LogP contribution in [0.1, 0.15) is 40.5 Å². The van der Waals surface area contributed by atoms with Crippen LogP contribution in [0, 0.1) is 5.92 Å². The van der Waals surface area contributed by atoms with E-state index >= 15 is 0 Å². The molecule has 1 saturated heterocycles. The van der Waals surface area contributed by atoms with E-state index in [1.165, 1.54) is 0 Å². The van der Waals surface area contributed by atoms with Crippen LogP contribution >= 0.6 is 0 Å². The fourth-order valence-electron chi connectivity index (χ4n) is 2.72. The van der Waals surface area contributed by atoms with Crippen LogP contribution in [-0.4, -0.2) is 22.4 Å². The molecule has 0 aromatic carbocycles. The largest absolute Gasteiger partial charge is 0.303 e. The van der Waals surface area contributed by atoms with Crippen molar-refractivity contribution in [3.05, 3.63) is 12.2 Å². The highest BCUT2D eigenvalue weighted by molar-refractivity contribution is 5.51. The third kappa shape index (κ3) is 1.99. The van der Waals surface area contributed by atoms with Gasteiger partial charge in [-0.3, -0.25) is 0 Å². The summed E-state index contributed by atoms with van der Waals surface area (Å²) >= 11 is 0. The lowest BCUT2D eigenvalue weighted by Crippen LogP contribution is -2.60. The SMILES string of the molecule is C=C1CC(C)(C)N([O])C(C)(C)C1CC=O. The number of nitrogens with zero attached hydrogens (tertiary/aromatic N) is 1. The van der Waals surface area contributed by atoms with Crippen LogP contribution in [0.4, 0.5) is 0 Å². The number of carbonyl (C=O) groups is 1. The fraction of sp³-hybridized carbons (Fsp3) is 0.750. The number of hydrogen-bond donors (Lipinski definition) is 0. The van der Waals surface area contributed by atoms with Gasteiger partial charge in [0.1, 0.15) is 6.29 Å². The number of piperidine rings is 1. The lowest BCUT2D eigenvalue weighted by molar-refractivity contribution is -0.291. The maximum absolute atomic E-state index is 12.2. The molecule has 1 aliphatic heterocycles. The van der Waals surface area contributed by atoms with E-state index < -0.39 is 11.1 Å². The Kier molecular flexibility index (Phi) is 3.08. The number of hydroxylamine groups is 2. The summed E-state index contributed by atoms with van der Waals surface area (Å²) in [7, 11) is 0. The van der Waals surface area contributed by atoms with Crippen molar-refractivity contribution < 1.29 is 10.0 Å². The predicted molar refractivity (Wildman–Crippen MR) is 58.6 cm³/mol. The summed E-state index contributed by atoms with van der Waals surface area (Å²) in [6.45, 7) is 11.6. The lowest BCUT2D eigenvalue weighted by Gasteiger charge is -2.52. The van der Waals surface area contributed by atoms with Crippen LogP contribution in [0.5, 0.6) is 0 Å². The summed E-state index contributed by atoms with van der Waals surface area (Å²) in [5.41, 5.74) is 0.0592. The summed E-state index contributed by atoms with van der Waals surface area (Å²) in [5.74, 6) is -0.0273. The first-order valence-corrected chi connectivity index (χ1v) is 5.32. The average Bonchev–Trinajstić information content (AvgIpc) is 2.09. The van der Waals surface area contributed by atoms with E-state index in [2.05, 4.69) is 6.58 Å². The molecule has 15 heavy (non-hydrogen) atoms. The lowest BCUT2D eigenvalue weighted by atomic mass is 9.70. The smallest absolute Gasteiger partial charge is 0.120 e. The maximum Gasteiger partial charge on any atom is 0.120 e. The predicted octanol–water partition coefficient (Wildman–Crippen LogP) is 2.36. The first kappa shape index (κ1) is 12.4. The number of rotatable bonds is 2. The molecule has 0 amide bonds. The Morgan fingerprint density at radius 2 is 2.00 bits per heavy atom. The van der Waals surface area contributed by atoms with Crippen molar-refractivity contribution in [3.8, 4) is 0 Å². The second-order valence-corrected chi connectivity index (χ2v) is 5.55. The van der Waals surface area contributed by atoms with Gasteiger partial charge in [-0.15, -0.1) is 10.3 Å². The number of hydrogen-bond acceptors (Lipinski definition) is 2. The summed E-state index contributed by atoms with van der Waals surface area (Å²) in [6, 6.07) is 0. The van der Waals surface area contributed by atoms with E-state index in [1.807, 2.05) is 27.7 Å². The molecule has 1 rings (SSSR count). The van der Waals surface area contributed by atoms with Gasteiger partial charge in [0.05, 0.1) is 5.54 Å². The van der Waals surface area contributed by atoms with E-state index in [0.29, 0.717) is 12.8 Å². The van der Waals surface area contributed by atoms with Crippen LogP contribution in [0.3, 0.4) is 0 Å². The summed E-state index contributed by atoms with van der Waals surface area (Å²) < 4.78 is 0. The summed E-state index contributed by atoms with van der Waals surface area (Å²) in [4.78, 5) is 10.6. The molecular weight excluding hydrogens is 190 g/mol. The molecule has 1 heterocycles. The van der Waals surface area contributed by atoms with Crippen LogP contribution in [-0.2, 0) is 10.0 Å². The Hall–Kier alpha value is -0.670. The minimum Gasteiger partial charge on any atom is -0.303 e. The monoisotopic (exact) mass is 210 g/mol. The zero-order valence-corrected chi connectivity index (χ0v) is 10.0. The highest BCUT2D eigenvalue weighted by Gasteiger charge is 2.49. The quantitative estimate of drug-likeness (QED) is 0.518. The van der Waals surface area contributed by atoms with E-state index in [1.54, 1.807) is 0 Å². The van der Waals surface area contributed by atoms with E-state index in [-0.39, 0.29) is 5.92 Å². The molecule has 0 N–H and O–H groups in total. The molecule has 0 aromatic rings. The van der Waals surface area contributed by atoms with Crippen LogP contribution in [0.15, 0.2) is 12.2 Å². The van der Waals surface area contributed by atoms with Crippen molar-refractivity contribution in [1.82, 2.24) is 5.06 Å². The van der Waals surface area contributed by atoms with E-state index in [4.69, 9.17) is 0 Å².